The molecule has 37 heavy (non-hydrogen) atoms. The van der Waals surface area contributed by atoms with Gasteiger partial charge in [0.25, 0.3) is 0 Å². The first-order valence-electron chi connectivity index (χ1n) is 11.4. The molecule has 0 unspecified atom stereocenters. The van der Waals surface area contributed by atoms with Gasteiger partial charge in [-0.1, -0.05) is 12.1 Å². The normalized spacial score (nSPS) is 12.6. The van der Waals surface area contributed by atoms with Crippen LogP contribution in [0.3, 0.4) is 0 Å². The van der Waals surface area contributed by atoms with E-state index in [9.17, 15) is 14.7 Å². The molecule has 0 aromatic heterocycles. The number of nitrogen functional groups attached to an aromatic ring is 1. The van der Waals surface area contributed by atoms with Crippen LogP contribution in [0.25, 0.3) is 0 Å². The second-order valence-corrected chi connectivity index (χ2v) is 9.86. The van der Waals surface area contributed by atoms with Crippen LogP contribution in [-0.2, 0) is 14.3 Å². The number of benzene rings is 3. The topological polar surface area (TPSA) is 123 Å². The molecule has 5 N–H and O–H groups in total. The van der Waals surface area contributed by atoms with Gasteiger partial charge in [0.1, 0.15) is 11.9 Å². The fourth-order valence-corrected chi connectivity index (χ4v) is 4.33. The summed E-state index contributed by atoms with van der Waals surface area (Å²) in [5.74, 6) is -0.506. The number of carbonyl (C=O) groups excluding carboxylic acids is 2. The molecular weight excluding hydrogens is 605 g/mol. The van der Waals surface area contributed by atoms with E-state index in [1.807, 2.05) is 18.4 Å². The molecule has 2 atom stereocenters. The van der Waals surface area contributed by atoms with E-state index in [0.29, 0.717) is 22.6 Å². The summed E-state index contributed by atoms with van der Waals surface area (Å²) in [5.41, 5.74) is 7.70. The first-order valence-corrected chi connectivity index (χ1v) is 13.7. The van der Waals surface area contributed by atoms with E-state index in [1.54, 1.807) is 67.2 Å². The molecule has 194 valence electrons. The molecule has 0 aliphatic heterocycles. The lowest BCUT2D eigenvalue weighted by atomic mass is 10.0. The van der Waals surface area contributed by atoms with Gasteiger partial charge in [0, 0.05) is 32.4 Å². The molecular formula is C27H28IN3O5S. The Bertz CT molecular complexity index is 1250. The van der Waals surface area contributed by atoms with Crippen molar-refractivity contribution in [2.75, 3.05) is 29.2 Å². The third-order valence-electron chi connectivity index (χ3n) is 5.18. The highest BCUT2D eigenvalue weighted by Gasteiger charge is 2.29. The Morgan fingerprint density at radius 1 is 1.11 bits per heavy atom. The lowest BCUT2D eigenvalue weighted by Gasteiger charge is -2.26. The van der Waals surface area contributed by atoms with Gasteiger partial charge in [-0.25, -0.2) is 4.79 Å². The number of aromatic hydroxyl groups is 1. The summed E-state index contributed by atoms with van der Waals surface area (Å²) < 4.78 is 12.4. The van der Waals surface area contributed by atoms with Crippen molar-refractivity contribution in [3.8, 4) is 5.75 Å². The molecule has 8 nitrogen and oxygen atoms in total. The quantitative estimate of drug-likeness (QED) is 0.0909. The van der Waals surface area contributed by atoms with Crippen molar-refractivity contribution in [3.05, 3.63) is 88.0 Å². The first-order chi connectivity index (χ1) is 17.8. The van der Waals surface area contributed by atoms with Crippen molar-refractivity contribution >= 4 is 63.4 Å². The number of phenols is 1. The molecule has 10 heteroatoms. The van der Waals surface area contributed by atoms with Crippen molar-refractivity contribution in [3.63, 3.8) is 0 Å². The van der Waals surface area contributed by atoms with Crippen LogP contribution in [0.2, 0.25) is 0 Å². The smallest absolute Gasteiger partial charge is 0.412 e. The van der Waals surface area contributed by atoms with E-state index in [2.05, 4.69) is 33.2 Å². The standard InChI is InChI=1S/C27H28IN3O5S/c1-3-35-24(14-15-25(33)31-22-7-5-4-6-21(22)29)26(20-16-17(28)8-13-23(20)32)36-27(34)30-18-9-11-19(37-2)12-10-18/h4-16,24,26,32H,3,29H2,1-2H3,(H,30,34)(H,31,33)/b15-14+/t24-,26-/m1/s1. The largest absolute Gasteiger partial charge is 0.508 e. The molecule has 2 amide bonds. The summed E-state index contributed by atoms with van der Waals surface area (Å²) in [6.45, 7) is 2.05. The minimum atomic E-state index is -1.05. The van der Waals surface area contributed by atoms with Crippen LogP contribution in [0.1, 0.15) is 18.6 Å². The zero-order valence-corrected chi connectivity index (χ0v) is 23.3. The number of thioether (sulfide) groups is 1. The van der Waals surface area contributed by atoms with Crippen LogP contribution in [0.15, 0.2) is 83.8 Å². The second-order valence-electron chi connectivity index (χ2n) is 7.74. The van der Waals surface area contributed by atoms with Gasteiger partial charge in [-0.15, -0.1) is 11.8 Å². The molecule has 0 aliphatic rings. The van der Waals surface area contributed by atoms with Crippen LogP contribution in [0.5, 0.6) is 5.75 Å². The zero-order valence-electron chi connectivity index (χ0n) is 20.3. The minimum Gasteiger partial charge on any atom is -0.508 e. The van der Waals surface area contributed by atoms with Crippen LogP contribution in [0.4, 0.5) is 21.9 Å². The van der Waals surface area contributed by atoms with Gasteiger partial charge >= 0.3 is 6.09 Å². The fraction of sp³-hybridized carbons (Fsp3) is 0.185. The van der Waals surface area contributed by atoms with Gasteiger partial charge in [-0.3, -0.25) is 10.1 Å². The number of phenolic OH excluding ortho intramolecular Hbond substituents is 1. The lowest BCUT2D eigenvalue weighted by Crippen LogP contribution is -2.28. The Morgan fingerprint density at radius 2 is 1.84 bits per heavy atom. The summed E-state index contributed by atoms with van der Waals surface area (Å²) in [7, 11) is 0. The van der Waals surface area contributed by atoms with Gasteiger partial charge in [-0.05, 0) is 96.4 Å². The maximum atomic E-state index is 12.9. The summed E-state index contributed by atoms with van der Waals surface area (Å²) in [5, 5.41) is 16.0. The highest BCUT2D eigenvalue weighted by molar-refractivity contribution is 14.1. The second kappa shape index (κ2) is 13.9. The summed E-state index contributed by atoms with van der Waals surface area (Å²) >= 11 is 3.69. The van der Waals surface area contributed by atoms with Crippen LogP contribution in [0, 0.1) is 3.57 Å². The highest BCUT2D eigenvalue weighted by Crippen LogP contribution is 2.33. The number of nitrogens with one attached hydrogen (secondary N) is 2. The number of rotatable bonds is 10. The van der Waals surface area contributed by atoms with Gasteiger partial charge < -0.3 is 25.6 Å². The molecule has 3 aromatic carbocycles. The molecule has 0 spiro atoms. The van der Waals surface area contributed by atoms with Crippen molar-refractivity contribution in [1.82, 2.24) is 0 Å². The number of hydrogen-bond acceptors (Lipinski definition) is 7. The lowest BCUT2D eigenvalue weighted by molar-refractivity contribution is -0.112. The number of amides is 2. The van der Waals surface area contributed by atoms with Crippen molar-refractivity contribution in [1.29, 1.82) is 0 Å². The fourth-order valence-electron chi connectivity index (χ4n) is 3.40. The molecule has 3 aromatic rings. The van der Waals surface area contributed by atoms with E-state index in [1.165, 1.54) is 18.2 Å². The monoisotopic (exact) mass is 633 g/mol. The van der Waals surface area contributed by atoms with Crippen LogP contribution in [-0.4, -0.2) is 36.1 Å². The summed E-state index contributed by atoms with van der Waals surface area (Å²) in [6, 6.07) is 19.1. The third kappa shape index (κ3) is 8.41. The molecule has 0 bridgehead atoms. The number of ether oxygens (including phenoxy) is 2. The first kappa shape index (κ1) is 28.4. The van der Waals surface area contributed by atoms with Crippen molar-refractivity contribution < 1.29 is 24.2 Å². The van der Waals surface area contributed by atoms with E-state index < -0.39 is 24.2 Å². The molecule has 0 saturated heterocycles. The Balaban J connectivity index is 1.85. The number of para-hydroxylation sites is 2. The number of hydrogen-bond donors (Lipinski definition) is 4. The van der Waals surface area contributed by atoms with Gasteiger partial charge in [-0.2, -0.15) is 0 Å². The number of carbonyl (C=O) groups is 2. The molecule has 0 saturated carbocycles. The van der Waals surface area contributed by atoms with E-state index in [0.717, 1.165) is 8.47 Å². The van der Waals surface area contributed by atoms with Crippen molar-refractivity contribution in [2.24, 2.45) is 0 Å². The number of nitrogens with two attached hydrogens (primary N) is 1. The maximum Gasteiger partial charge on any atom is 0.412 e. The van der Waals surface area contributed by atoms with E-state index >= 15 is 0 Å². The Labute approximate surface area is 233 Å². The van der Waals surface area contributed by atoms with Gasteiger partial charge in [0.05, 0.1) is 11.4 Å². The van der Waals surface area contributed by atoms with E-state index in [-0.39, 0.29) is 12.4 Å². The van der Waals surface area contributed by atoms with Crippen molar-refractivity contribution in [2.45, 2.75) is 24.0 Å². The highest BCUT2D eigenvalue weighted by atomic mass is 127. The molecule has 0 radical (unpaired) electrons. The predicted octanol–water partition coefficient (Wildman–Crippen LogP) is 6.19. The SMILES string of the molecule is CCO[C@H](/C=C/C(=O)Nc1ccccc1N)[C@H](OC(=O)Nc1ccc(SC)cc1)c1cc(I)ccc1O. The number of halogens is 1. The maximum absolute atomic E-state index is 12.9. The molecule has 0 heterocycles. The molecule has 0 fully saturated rings. The van der Waals surface area contributed by atoms with Gasteiger partial charge in [0.2, 0.25) is 5.91 Å². The Hall–Kier alpha value is -3.22. The van der Waals surface area contributed by atoms with Crippen LogP contribution < -0.4 is 16.4 Å². The van der Waals surface area contributed by atoms with Gasteiger partial charge in [0.15, 0.2) is 6.10 Å². The Kier molecular flexibility index (Phi) is 10.7. The predicted molar refractivity (Wildman–Crippen MR) is 156 cm³/mol. The average Bonchev–Trinajstić information content (AvgIpc) is 2.88. The third-order valence-corrected chi connectivity index (χ3v) is 6.59. The zero-order chi connectivity index (χ0) is 26.8. The van der Waals surface area contributed by atoms with E-state index in [4.69, 9.17) is 15.2 Å². The Morgan fingerprint density at radius 3 is 2.51 bits per heavy atom. The minimum absolute atomic E-state index is 0.0675. The summed E-state index contributed by atoms with van der Waals surface area (Å²) in [4.78, 5) is 26.5. The summed E-state index contributed by atoms with van der Waals surface area (Å²) in [6.07, 6.45) is 2.07. The van der Waals surface area contributed by atoms with Crippen LogP contribution >= 0.6 is 34.4 Å². The molecule has 0 aliphatic carbocycles. The molecule has 3 rings (SSSR count). The average molecular weight is 634 g/mol. The number of anilines is 3.